The van der Waals surface area contributed by atoms with Crippen molar-refractivity contribution in [2.45, 2.75) is 24.1 Å². The van der Waals surface area contributed by atoms with Crippen LogP contribution in [0.4, 0.5) is 0 Å². The maximum Gasteiger partial charge on any atom is 0.251 e. The molecule has 0 spiro atoms. The molecule has 3 nitrogen and oxygen atoms in total. The van der Waals surface area contributed by atoms with Crippen LogP contribution in [0.2, 0.25) is 0 Å². The number of hydrogen-bond acceptors (Lipinski definition) is 2. The fourth-order valence-corrected chi connectivity index (χ4v) is 3.68. The quantitative estimate of drug-likeness (QED) is 0.795. The molecule has 1 aromatic carbocycles. The highest BCUT2D eigenvalue weighted by atomic mass is 79.9. The number of halogens is 2. The second-order valence-corrected chi connectivity index (χ2v) is 6.99. The molecule has 19 heavy (non-hydrogen) atoms. The lowest BCUT2D eigenvalue weighted by Gasteiger charge is -2.11. The van der Waals surface area contributed by atoms with E-state index in [9.17, 15) is 4.79 Å². The average Bonchev–Trinajstić information content (AvgIpc) is 2.81. The van der Waals surface area contributed by atoms with Gasteiger partial charge in [-0.25, -0.2) is 0 Å². The summed E-state index contributed by atoms with van der Waals surface area (Å²) in [6.07, 6.45) is 3.53. The lowest BCUT2D eigenvalue weighted by molar-refractivity contribution is 0.0947. The van der Waals surface area contributed by atoms with Crippen LogP contribution < -0.4 is 10.1 Å². The van der Waals surface area contributed by atoms with Crippen LogP contribution in [-0.4, -0.2) is 24.4 Å². The molecular weight excluding hydrogens is 374 g/mol. The van der Waals surface area contributed by atoms with E-state index in [-0.39, 0.29) is 5.91 Å². The van der Waals surface area contributed by atoms with E-state index in [4.69, 9.17) is 4.74 Å². The van der Waals surface area contributed by atoms with Crippen molar-refractivity contribution < 1.29 is 9.53 Å². The van der Waals surface area contributed by atoms with E-state index in [0.717, 1.165) is 23.2 Å². The normalized spacial score (nSPS) is 22.3. The highest BCUT2D eigenvalue weighted by molar-refractivity contribution is 9.10. The highest BCUT2D eigenvalue weighted by Crippen LogP contribution is 2.30. The lowest BCUT2D eigenvalue weighted by Crippen LogP contribution is -2.28. The summed E-state index contributed by atoms with van der Waals surface area (Å²) in [5.41, 5.74) is 0.654. The Balaban J connectivity index is 1.91. The fourth-order valence-electron chi connectivity index (χ4n) is 2.35. The van der Waals surface area contributed by atoms with Gasteiger partial charge in [-0.2, -0.15) is 0 Å². The first kappa shape index (κ1) is 14.9. The molecule has 0 radical (unpaired) electrons. The van der Waals surface area contributed by atoms with Crippen LogP contribution in [0.5, 0.6) is 5.75 Å². The number of hydrogen-bond donors (Lipinski definition) is 1. The summed E-state index contributed by atoms with van der Waals surface area (Å²) < 4.78 is 5.94. The van der Waals surface area contributed by atoms with E-state index < -0.39 is 0 Å². The van der Waals surface area contributed by atoms with Crippen LogP contribution >= 0.6 is 31.9 Å². The molecule has 1 aliphatic carbocycles. The monoisotopic (exact) mass is 389 g/mol. The molecule has 0 saturated heterocycles. The zero-order valence-electron chi connectivity index (χ0n) is 10.8. The van der Waals surface area contributed by atoms with E-state index in [1.165, 1.54) is 12.8 Å². The van der Waals surface area contributed by atoms with E-state index in [1.807, 2.05) is 0 Å². The van der Waals surface area contributed by atoms with Crippen molar-refractivity contribution in [2.24, 2.45) is 5.92 Å². The standard InChI is InChI=1S/C14H17Br2NO2/c1-19-13-5-3-10(7-12(13)16)14(18)17-8-9-2-4-11(15)6-9/h3,5,7,9,11H,2,4,6,8H2,1H3,(H,17,18). The minimum atomic E-state index is -0.0265. The van der Waals surface area contributed by atoms with Crippen LogP contribution in [0.1, 0.15) is 29.6 Å². The molecule has 1 aromatic rings. The van der Waals surface area contributed by atoms with E-state index >= 15 is 0 Å². The minimum absolute atomic E-state index is 0.0265. The van der Waals surface area contributed by atoms with E-state index in [1.54, 1.807) is 25.3 Å². The third kappa shape index (κ3) is 3.96. The first-order chi connectivity index (χ1) is 9.10. The van der Waals surface area contributed by atoms with Crippen LogP contribution in [0.15, 0.2) is 22.7 Å². The second kappa shape index (κ2) is 6.75. The number of amides is 1. The van der Waals surface area contributed by atoms with Gasteiger partial charge in [-0.1, -0.05) is 15.9 Å². The summed E-state index contributed by atoms with van der Waals surface area (Å²) in [5.74, 6) is 1.30. The highest BCUT2D eigenvalue weighted by Gasteiger charge is 2.22. The number of alkyl halides is 1. The van der Waals surface area contributed by atoms with Gasteiger partial charge in [0.25, 0.3) is 5.91 Å². The molecule has 1 N–H and O–H groups in total. The molecule has 1 aliphatic rings. The number of benzene rings is 1. The Hall–Kier alpha value is -0.550. The van der Waals surface area contributed by atoms with Crippen molar-refractivity contribution in [3.05, 3.63) is 28.2 Å². The Bertz CT molecular complexity index is 465. The molecule has 0 aliphatic heterocycles. The predicted molar refractivity (Wildman–Crippen MR) is 83.1 cm³/mol. The summed E-state index contributed by atoms with van der Waals surface area (Å²) in [6, 6.07) is 5.36. The van der Waals surface area contributed by atoms with Gasteiger partial charge >= 0.3 is 0 Å². The zero-order valence-corrected chi connectivity index (χ0v) is 14.0. The molecule has 1 fully saturated rings. The number of rotatable bonds is 4. The summed E-state index contributed by atoms with van der Waals surface area (Å²) in [5, 5.41) is 3.00. The number of carbonyl (C=O) groups is 1. The first-order valence-electron chi connectivity index (χ1n) is 6.36. The van der Waals surface area contributed by atoms with Crippen molar-refractivity contribution in [3.8, 4) is 5.75 Å². The van der Waals surface area contributed by atoms with Crippen molar-refractivity contribution in [1.29, 1.82) is 0 Å². The third-order valence-electron chi connectivity index (χ3n) is 3.44. The van der Waals surface area contributed by atoms with Crippen LogP contribution in [0.25, 0.3) is 0 Å². The molecule has 2 rings (SSSR count). The maximum atomic E-state index is 12.1. The molecule has 1 amide bonds. The van der Waals surface area contributed by atoms with Gasteiger partial charge in [0, 0.05) is 16.9 Å². The summed E-state index contributed by atoms with van der Waals surface area (Å²) in [4.78, 5) is 12.7. The van der Waals surface area contributed by atoms with Crippen LogP contribution in [-0.2, 0) is 0 Å². The Kier molecular flexibility index (Phi) is 5.28. The Morgan fingerprint density at radius 2 is 2.26 bits per heavy atom. The van der Waals surface area contributed by atoms with E-state index in [0.29, 0.717) is 16.3 Å². The molecule has 104 valence electrons. The topological polar surface area (TPSA) is 38.3 Å². The summed E-state index contributed by atoms with van der Waals surface area (Å²) in [7, 11) is 1.61. The van der Waals surface area contributed by atoms with Crippen LogP contribution in [0.3, 0.4) is 0 Å². The lowest BCUT2D eigenvalue weighted by atomic mass is 10.1. The fraction of sp³-hybridized carbons (Fsp3) is 0.500. The van der Waals surface area contributed by atoms with Crippen molar-refractivity contribution >= 4 is 37.8 Å². The van der Waals surface area contributed by atoms with Gasteiger partial charge in [-0.05, 0) is 59.3 Å². The van der Waals surface area contributed by atoms with Gasteiger partial charge < -0.3 is 10.1 Å². The number of carbonyl (C=O) groups excluding carboxylic acids is 1. The Labute approximate surface area is 130 Å². The smallest absolute Gasteiger partial charge is 0.251 e. The number of ether oxygens (including phenoxy) is 1. The molecule has 0 bridgehead atoms. The summed E-state index contributed by atoms with van der Waals surface area (Å²) >= 11 is 7.01. The Morgan fingerprint density at radius 3 is 2.84 bits per heavy atom. The van der Waals surface area contributed by atoms with Gasteiger partial charge in [-0.15, -0.1) is 0 Å². The average molecular weight is 391 g/mol. The minimum Gasteiger partial charge on any atom is -0.496 e. The molecule has 2 atom stereocenters. The van der Waals surface area contributed by atoms with Gasteiger partial charge in [-0.3, -0.25) is 4.79 Å². The third-order valence-corrected chi connectivity index (χ3v) is 4.89. The largest absolute Gasteiger partial charge is 0.496 e. The SMILES string of the molecule is COc1ccc(C(=O)NCC2CCC(Br)C2)cc1Br. The maximum absolute atomic E-state index is 12.1. The molecule has 0 aromatic heterocycles. The van der Waals surface area contributed by atoms with Crippen LogP contribution in [0, 0.1) is 5.92 Å². The summed E-state index contributed by atoms with van der Waals surface area (Å²) in [6.45, 7) is 0.755. The van der Waals surface area contributed by atoms with Crippen molar-refractivity contribution in [3.63, 3.8) is 0 Å². The molecule has 1 saturated carbocycles. The Morgan fingerprint density at radius 1 is 1.47 bits per heavy atom. The van der Waals surface area contributed by atoms with Gasteiger partial charge in [0.15, 0.2) is 0 Å². The molecule has 0 heterocycles. The second-order valence-electron chi connectivity index (χ2n) is 4.84. The van der Waals surface area contributed by atoms with Gasteiger partial charge in [0.2, 0.25) is 0 Å². The van der Waals surface area contributed by atoms with E-state index in [2.05, 4.69) is 37.2 Å². The van der Waals surface area contributed by atoms with Gasteiger partial charge in [0.1, 0.15) is 5.75 Å². The number of methoxy groups -OCH3 is 1. The predicted octanol–water partition coefficient (Wildman–Crippen LogP) is 3.75. The molecular formula is C14H17Br2NO2. The molecule has 5 heteroatoms. The van der Waals surface area contributed by atoms with Crippen molar-refractivity contribution in [1.82, 2.24) is 5.32 Å². The van der Waals surface area contributed by atoms with Gasteiger partial charge in [0.05, 0.1) is 11.6 Å². The number of nitrogens with one attached hydrogen (secondary N) is 1. The van der Waals surface area contributed by atoms with Crippen molar-refractivity contribution in [2.75, 3.05) is 13.7 Å². The zero-order chi connectivity index (χ0) is 13.8. The molecule has 2 unspecified atom stereocenters. The first-order valence-corrected chi connectivity index (χ1v) is 8.07.